The van der Waals surface area contributed by atoms with E-state index in [0.717, 1.165) is 36.4 Å². The summed E-state index contributed by atoms with van der Waals surface area (Å²) in [5, 5.41) is -0.135. The topological polar surface area (TPSA) is 53.8 Å². The molecule has 1 aromatic heterocycles. The SMILES string of the molecule is O=c1cc(C(F)(F)F)c2cc(Cc3ccc(S(=O)N4CCC(N5CCCC5)CC4)cc3)ccc2o1. The molecule has 3 heterocycles. The van der Waals surface area contributed by atoms with Gasteiger partial charge < -0.3 is 9.32 Å². The van der Waals surface area contributed by atoms with Gasteiger partial charge in [0.2, 0.25) is 0 Å². The molecule has 0 radical (unpaired) electrons. The number of fused-ring (bicyclic) bond motifs is 1. The molecule has 3 aromatic rings. The fraction of sp³-hybridized carbons (Fsp3) is 0.423. The van der Waals surface area contributed by atoms with Crippen molar-refractivity contribution in [3.8, 4) is 0 Å². The molecule has 186 valence electrons. The van der Waals surface area contributed by atoms with Crippen LogP contribution < -0.4 is 5.63 Å². The maximum atomic E-state index is 13.4. The van der Waals surface area contributed by atoms with Crippen molar-refractivity contribution in [1.29, 1.82) is 0 Å². The second-order valence-electron chi connectivity index (χ2n) is 9.28. The predicted molar refractivity (Wildman–Crippen MR) is 129 cm³/mol. The van der Waals surface area contributed by atoms with E-state index in [1.54, 1.807) is 6.07 Å². The van der Waals surface area contributed by atoms with Crippen LogP contribution in [0.15, 0.2) is 62.6 Å². The third kappa shape index (κ3) is 5.37. The third-order valence-corrected chi connectivity index (χ3v) is 8.47. The molecule has 0 amide bonds. The van der Waals surface area contributed by atoms with E-state index >= 15 is 0 Å². The predicted octanol–water partition coefficient (Wildman–Crippen LogP) is 4.99. The molecule has 2 aliphatic rings. The van der Waals surface area contributed by atoms with E-state index in [9.17, 15) is 22.2 Å². The molecule has 9 heteroatoms. The van der Waals surface area contributed by atoms with Crippen molar-refractivity contribution in [2.24, 2.45) is 0 Å². The first kappa shape index (κ1) is 24.2. The van der Waals surface area contributed by atoms with Crippen LogP contribution in [0, 0.1) is 0 Å². The lowest BCUT2D eigenvalue weighted by atomic mass is 10.0. The molecule has 1 unspecified atom stereocenters. The Morgan fingerprint density at radius 1 is 0.914 bits per heavy atom. The molecule has 0 aliphatic carbocycles. The summed E-state index contributed by atoms with van der Waals surface area (Å²) in [6.45, 7) is 3.98. The second-order valence-corrected chi connectivity index (χ2v) is 10.8. The molecule has 35 heavy (non-hydrogen) atoms. The molecule has 2 aromatic carbocycles. The molecule has 0 N–H and O–H groups in total. The zero-order valence-electron chi connectivity index (χ0n) is 19.2. The van der Waals surface area contributed by atoms with Gasteiger partial charge >= 0.3 is 11.8 Å². The first-order valence-electron chi connectivity index (χ1n) is 11.9. The highest BCUT2D eigenvalue weighted by molar-refractivity contribution is 7.82. The van der Waals surface area contributed by atoms with E-state index in [-0.39, 0.29) is 11.0 Å². The highest BCUT2D eigenvalue weighted by Crippen LogP contribution is 2.34. The number of likely N-dealkylation sites (tertiary alicyclic amines) is 1. The van der Waals surface area contributed by atoms with E-state index in [4.69, 9.17) is 4.42 Å². The summed E-state index contributed by atoms with van der Waals surface area (Å²) in [7, 11) is -1.23. The van der Waals surface area contributed by atoms with Crippen LogP contribution in [0.25, 0.3) is 11.0 Å². The Kier molecular flexibility index (Phi) is 6.83. The summed E-state index contributed by atoms with van der Waals surface area (Å²) >= 11 is 0. The number of benzene rings is 2. The van der Waals surface area contributed by atoms with E-state index in [1.807, 2.05) is 28.6 Å². The van der Waals surface area contributed by atoms with Crippen molar-refractivity contribution in [3.05, 3.63) is 75.6 Å². The van der Waals surface area contributed by atoms with Crippen molar-refractivity contribution < 1.29 is 21.8 Å². The van der Waals surface area contributed by atoms with Crippen molar-refractivity contribution in [2.75, 3.05) is 26.2 Å². The summed E-state index contributed by atoms with van der Waals surface area (Å²) in [5.41, 5.74) is -0.558. The van der Waals surface area contributed by atoms with Crippen LogP contribution in [-0.4, -0.2) is 45.6 Å². The van der Waals surface area contributed by atoms with Crippen LogP contribution in [0.4, 0.5) is 13.2 Å². The molecule has 2 fully saturated rings. The monoisotopic (exact) mass is 504 g/mol. The summed E-state index contributed by atoms with van der Waals surface area (Å²) in [6, 6.07) is 13.0. The first-order chi connectivity index (χ1) is 16.8. The van der Waals surface area contributed by atoms with Crippen LogP contribution in [0.5, 0.6) is 0 Å². The normalized spacial score (nSPS) is 19.4. The van der Waals surface area contributed by atoms with E-state index < -0.39 is 28.4 Å². The Bertz CT molecular complexity index is 1280. The van der Waals surface area contributed by atoms with Crippen LogP contribution in [0.1, 0.15) is 42.4 Å². The number of piperidine rings is 1. The van der Waals surface area contributed by atoms with Crippen molar-refractivity contribution in [3.63, 3.8) is 0 Å². The number of hydrogen-bond donors (Lipinski definition) is 0. The fourth-order valence-corrected chi connectivity index (χ4v) is 6.35. The van der Waals surface area contributed by atoms with Gasteiger partial charge in [0.05, 0.1) is 10.5 Å². The van der Waals surface area contributed by atoms with Gasteiger partial charge in [-0.15, -0.1) is 0 Å². The summed E-state index contributed by atoms with van der Waals surface area (Å²) in [5.74, 6) is 0. The second kappa shape index (κ2) is 9.87. The molecule has 5 rings (SSSR count). The average molecular weight is 505 g/mol. The van der Waals surface area contributed by atoms with Gasteiger partial charge in [0.1, 0.15) is 16.6 Å². The number of alkyl halides is 3. The molecule has 0 bridgehead atoms. The molecule has 1 atom stereocenters. The van der Waals surface area contributed by atoms with Crippen molar-refractivity contribution in [2.45, 2.75) is 49.2 Å². The first-order valence-corrected chi connectivity index (χ1v) is 13.0. The highest BCUT2D eigenvalue weighted by atomic mass is 32.2. The Morgan fingerprint density at radius 3 is 2.23 bits per heavy atom. The number of hydrogen-bond acceptors (Lipinski definition) is 4. The minimum absolute atomic E-state index is 0.0900. The number of rotatable bonds is 5. The van der Waals surface area contributed by atoms with Gasteiger partial charge in [-0.05, 0) is 80.6 Å². The van der Waals surface area contributed by atoms with Crippen molar-refractivity contribution in [1.82, 2.24) is 9.21 Å². The standard InChI is InChI=1S/C26H27F3N2O3S/c27-26(28,29)23-17-25(32)34-24-8-5-19(16-22(23)24)15-18-3-6-21(7-4-18)35(33)31-13-9-20(10-14-31)30-11-1-2-12-30/h3-8,16-17,20H,1-2,9-15H2. The van der Waals surface area contributed by atoms with Crippen LogP contribution in [-0.2, 0) is 23.6 Å². The van der Waals surface area contributed by atoms with E-state index in [0.29, 0.717) is 24.1 Å². The van der Waals surface area contributed by atoms with Gasteiger partial charge in [-0.1, -0.05) is 18.2 Å². The van der Waals surface area contributed by atoms with E-state index in [2.05, 4.69) is 4.90 Å². The van der Waals surface area contributed by atoms with Gasteiger partial charge in [0.25, 0.3) is 0 Å². The molecular weight excluding hydrogens is 477 g/mol. The molecule has 5 nitrogen and oxygen atoms in total. The average Bonchev–Trinajstić information content (AvgIpc) is 3.38. The third-order valence-electron chi connectivity index (χ3n) is 6.96. The zero-order chi connectivity index (χ0) is 24.6. The summed E-state index contributed by atoms with van der Waals surface area (Å²) < 4.78 is 60.3. The van der Waals surface area contributed by atoms with Gasteiger partial charge in [-0.25, -0.2) is 13.3 Å². The smallest absolute Gasteiger partial charge is 0.417 e. The number of halogens is 3. The zero-order valence-corrected chi connectivity index (χ0v) is 20.0. The van der Waals surface area contributed by atoms with Gasteiger partial charge in [-0.3, -0.25) is 0 Å². The van der Waals surface area contributed by atoms with Crippen LogP contribution >= 0.6 is 0 Å². The molecule has 0 spiro atoms. The van der Waals surface area contributed by atoms with Gasteiger partial charge in [0, 0.05) is 30.6 Å². The Balaban J connectivity index is 1.26. The van der Waals surface area contributed by atoms with Gasteiger partial charge in [-0.2, -0.15) is 13.2 Å². The molecule has 2 aliphatic heterocycles. The van der Waals surface area contributed by atoms with Crippen LogP contribution in [0.2, 0.25) is 0 Å². The minimum Gasteiger partial charge on any atom is -0.423 e. The maximum Gasteiger partial charge on any atom is 0.417 e. The summed E-state index contributed by atoms with van der Waals surface area (Å²) in [4.78, 5) is 14.8. The Hall–Kier alpha value is -2.49. The van der Waals surface area contributed by atoms with Crippen molar-refractivity contribution >= 4 is 22.0 Å². The molecular formula is C26H27F3N2O3S. The van der Waals surface area contributed by atoms with Crippen LogP contribution in [0.3, 0.4) is 0 Å². The lowest BCUT2D eigenvalue weighted by Crippen LogP contribution is -2.44. The Labute approximate surface area is 204 Å². The van der Waals surface area contributed by atoms with E-state index in [1.165, 1.54) is 38.1 Å². The Morgan fingerprint density at radius 2 is 1.57 bits per heavy atom. The quantitative estimate of drug-likeness (QED) is 0.460. The van der Waals surface area contributed by atoms with Gasteiger partial charge in [0.15, 0.2) is 0 Å². The lowest BCUT2D eigenvalue weighted by molar-refractivity contribution is -0.136. The highest BCUT2D eigenvalue weighted by Gasteiger charge is 2.34. The molecule has 0 saturated carbocycles. The molecule has 2 saturated heterocycles. The fourth-order valence-electron chi connectivity index (χ4n) is 5.14. The maximum absolute atomic E-state index is 13.4. The number of nitrogens with zero attached hydrogens (tertiary/aromatic N) is 2. The largest absolute Gasteiger partial charge is 0.423 e. The summed E-state index contributed by atoms with van der Waals surface area (Å²) in [6.07, 6.45) is 0.370. The minimum atomic E-state index is -4.65. The lowest BCUT2D eigenvalue weighted by Gasteiger charge is -2.35.